The fraction of sp³-hybridized carbons (Fsp3) is 0.353. The molecule has 1 N–H and O–H groups in total. The van der Waals surface area contributed by atoms with Gasteiger partial charge in [0.05, 0.1) is 18.3 Å². The first-order chi connectivity index (χ1) is 12.0. The Balaban J connectivity index is 1.91. The number of esters is 1. The van der Waals surface area contributed by atoms with Gasteiger partial charge in [0.25, 0.3) is 5.56 Å². The van der Waals surface area contributed by atoms with Crippen LogP contribution < -0.4 is 10.9 Å². The summed E-state index contributed by atoms with van der Waals surface area (Å²) in [5.41, 5.74) is 1.58. The molecular formula is C17H17BrFN3O3. The lowest BCUT2D eigenvalue weighted by atomic mass is 9.96. The van der Waals surface area contributed by atoms with Gasteiger partial charge in [-0.3, -0.25) is 14.2 Å². The molecule has 0 spiro atoms. The number of hydrogen-bond donors (Lipinski definition) is 1. The Hall–Kier alpha value is -2.22. The average molecular weight is 410 g/mol. The van der Waals surface area contributed by atoms with Crippen molar-refractivity contribution < 1.29 is 13.9 Å². The summed E-state index contributed by atoms with van der Waals surface area (Å²) < 4.78 is 19.5. The van der Waals surface area contributed by atoms with Crippen LogP contribution in [0.3, 0.4) is 0 Å². The molecule has 0 bridgehead atoms. The van der Waals surface area contributed by atoms with Crippen molar-refractivity contribution in [3.05, 3.63) is 56.4 Å². The zero-order valence-electron chi connectivity index (χ0n) is 13.6. The molecule has 1 aliphatic heterocycles. The SMILES string of the molecule is CCOC(=O)Cn1c(Br)nc2c(c1=O)NC(c1ccc(F)cc1)CC2. The van der Waals surface area contributed by atoms with Gasteiger partial charge in [-0.15, -0.1) is 0 Å². The molecule has 3 rings (SSSR count). The van der Waals surface area contributed by atoms with Crippen molar-refractivity contribution in [2.45, 2.75) is 32.4 Å². The molecule has 1 aromatic carbocycles. The number of benzene rings is 1. The number of anilines is 1. The number of nitrogens with one attached hydrogen (secondary N) is 1. The maximum atomic E-state index is 13.1. The predicted molar refractivity (Wildman–Crippen MR) is 93.9 cm³/mol. The molecule has 6 nitrogen and oxygen atoms in total. The summed E-state index contributed by atoms with van der Waals surface area (Å²) in [5.74, 6) is -0.805. The number of halogens is 2. The van der Waals surface area contributed by atoms with E-state index in [1.54, 1.807) is 19.1 Å². The van der Waals surface area contributed by atoms with Crippen molar-refractivity contribution >= 4 is 27.6 Å². The highest BCUT2D eigenvalue weighted by molar-refractivity contribution is 9.10. The van der Waals surface area contributed by atoms with Crippen LogP contribution in [0.25, 0.3) is 0 Å². The van der Waals surface area contributed by atoms with E-state index in [9.17, 15) is 14.0 Å². The average Bonchev–Trinajstić information content (AvgIpc) is 2.59. The maximum absolute atomic E-state index is 13.1. The van der Waals surface area contributed by atoms with Crippen LogP contribution in [0.4, 0.5) is 10.1 Å². The quantitative estimate of drug-likeness (QED) is 0.620. The lowest BCUT2D eigenvalue weighted by molar-refractivity contribution is -0.143. The number of carbonyl (C=O) groups excluding carboxylic acids is 1. The van der Waals surface area contributed by atoms with E-state index < -0.39 is 5.97 Å². The first-order valence-corrected chi connectivity index (χ1v) is 8.75. The minimum absolute atomic E-state index is 0.111. The van der Waals surface area contributed by atoms with E-state index in [2.05, 4.69) is 26.2 Å². The van der Waals surface area contributed by atoms with Crippen molar-refractivity contribution in [1.82, 2.24) is 9.55 Å². The third kappa shape index (κ3) is 3.73. The van der Waals surface area contributed by atoms with Gasteiger partial charge in [-0.2, -0.15) is 0 Å². The van der Waals surface area contributed by atoms with Crippen molar-refractivity contribution in [2.24, 2.45) is 0 Å². The van der Waals surface area contributed by atoms with Crippen LogP contribution in [-0.2, 0) is 22.5 Å². The number of ether oxygens (including phenoxy) is 1. The molecule has 0 amide bonds. The largest absolute Gasteiger partial charge is 0.465 e. The predicted octanol–water partition coefficient (Wildman–Crippen LogP) is 2.81. The Labute approximate surface area is 152 Å². The summed E-state index contributed by atoms with van der Waals surface area (Å²) in [7, 11) is 0. The monoisotopic (exact) mass is 409 g/mol. The summed E-state index contributed by atoms with van der Waals surface area (Å²) in [5, 5.41) is 3.18. The fourth-order valence-electron chi connectivity index (χ4n) is 2.84. The third-order valence-electron chi connectivity index (χ3n) is 4.05. The molecule has 1 atom stereocenters. The lowest BCUT2D eigenvalue weighted by Crippen LogP contribution is -2.33. The molecular weight excluding hydrogens is 393 g/mol. The zero-order chi connectivity index (χ0) is 18.0. The van der Waals surface area contributed by atoms with Crippen LogP contribution in [0.5, 0.6) is 0 Å². The minimum atomic E-state index is -0.502. The summed E-state index contributed by atoms with van der Waals surface area (Å²) in [6, 6.07) is 6.07. The number of aryl methyl sites for hydroxylation is 1. The molecule has 1 unspecified atom stereocenters. The zero-order valence-corrected chi connectivity index (χ0v) is 15.2. The number of rotatable bonds is 4. The van der Waals surface area contributed by atoms with Gasteiger partial charge in [0.15, 0.2) is 4.73 Å². The molecule has 0 saturated carbocycles. The van der Waals surface area contributed by atoms with Crippen LogP contribution in [0.15, 0.2) is 33.8 Å². The van der Waals surface area contributed by atoms with Crippen molar-refractivity contribution in [3.63, 3.8) is 0 Å². The van der Waals surface area contributed by atoms with E-state index >= 15 is 0 Å². The number of aromatic nitrogens is 2. The molecule has 0 aliphatic carbocycles. The first kappa shape index (κ1) is 17.6. The van der Waals surface area contributed by atoms with Crippen LogP contribution in [0.1, 0.15) is 30.6 Å². The highest BCUT2D eigenvalue weighted by Crippen LogP contribution is 2.30. The van der Waals surface area contributed by atoms with Crippen molar-refractivity contribution in [2.75, 3.05) is 11.9 Å². The lowest BCUT2D eigenvalue weighted by Gasteiger charge is -2.27. The smallest absolute Gasteiger partial charge is 0.326 e. The van der Waals surface area contributed by atoms with Gasteiger partial charge >= 0.3 is 5.97 Å². The molecule has 132 valence electrons. The van der Waals surface area contributed by atoms with Crippen LogP contribution in [-0.4, -0.2) is 22.1 Å². The van der Waals surface area contributed by atoms with E-state index in [0.717, 1.165) is 12.0 Å². The Bertz CT molecular complexity index is 851. The molecule has 0 radical (unpaired) electrons. The minimum Gasteiger partial charge on any atom is -0.465 e. The molecule has 25 heavy (non-hydrogen) atoms. The van der Waals surface area contributed by atoms with Gasteiger partial charge in [-0.05, 0) is 53.4 Å². The number of nitrogens with zero attached hydrogens (tertiary/aromatic N) is 2. The standard InChI is InChI=1S/C17H17BrFN3O3/c1-2-25-14(23)9-22-16(24)15-13(21-17(22)18)8-7-12(20-15)10-3-5-11(19)6-4-10/h3-6,12,20H,2,7-9H2,1H3. The van der Waals surface area contributed by atoms with Crippen LogP contribution in [0.2, 0.25) is 0 Å². The molecule has 0 fully saturated rings. The number of carbonyl (C=O) groups is 1. The van der Waals surface area contributed by atoms with Crippen LogP contribution in [0, 0.1) is 5.82 Å². The fourth-order valence-corrected chi connectivity index (χ4v) is 3.34. The summed E-state index contributed by atoms with van der Waals surface area (Å²) >= 11 is 3.25. The highest BCUT2D eigenvalue weighted by Gasteiger charge is 2.25. The Morgan fingerprint density at radius 1 is 1.44 bits per heavy atom. The molecule has 1 aromatic heterocycles. The molecule has 0 saturated heterocycles. The van der Waals surface area contributed by atoms with Crippen LogP contribution >= 0.6 is 15.9 Å². The van der Waals surface area contributed by atoms with E-state index in [-0.39, 0.29) is 30.6 Å². The summed E-state index contributed by atoms with van der Waals surface area (Å²) in [4.78, 5) is 28.9. The Kier molecular flexibility index (Phi) is 5.17. The van der Waals surface area contributed by atoms with E-state index in [1.165, 1.54) is 16.7 Å². The topological polar surface area (TPSA) is 73.2 Å². The highest BCUT2D eigenvalue weighted by atomic mass is 79.9. The van der Waals surface area contributed by atoms with Gasteiger partial charge < -0.3 is 10.1 Å². The third-order valence-corrected chi connectivity index (χ3v) is 4.66. The molecule has 1 aliphatic rings. The second kappa shape index (κ2) is 7.35. The molecule has 2 heterocycles. The second-order valence-electron chi connectivity index (χ2n) is 5.69. The summed E-state index contributed by atoms with van der Waals surface area (Å²) in [6.07, 6.45) is 1.35. The number of fused-ring (bicyclic) bond motifs is 1. The normalized spacial score (nSPS) is 16.0. The Morgan fingerprint density at radius 2 is 2.16 bits per heavy atom. The van der Waals surface area contributed by atoms with Gasteiger partial charge in [-0.25, -0.2) is 9.37 Å². The van der Waals surface area contributed by atoms with Crippen molar-refractivity contribution in [1.29, 1.82) is 0 Å². The van der Waals surface area contributed by atoms with E-state index in [1.807, 2.05) is 0 Å². The van der Waals surface area contributed by atoms with Gasteiger partial charge in [-0.1, -0.05) is 12.1 Å². The van der Waals surface area contributed by atoms with Crippen molar-refractivity contribution in [3.8, 4) is 0 Å². The summed E-state index contributed by atoms with van der Waals surface area (Å²) in [6.45, 7) is 1.74. The van der Waals surface area contributed by atoms with Gasteiger partial charge in [0.1, 0.15) is 18.0 Å². The number of hydrogen-bond acceptors (Lipinski definition) is 5. The first-order valence-electron chi connectivity index (χ1n) is 7.96. The van der Waals surface area contributed by atoms with Gasteiger partial charge in [0.2, 0.25) is 0 Å². The van der Waals surface area contributed by atoms with E-state index in [0.29, 0.717) is 22.5 Å². The molecule has 2 aromatic rings. The molecule has 8 heteroatoms. The van der Waals surface area contributed by atoms with Gasteiger partial charge in [0, 0.05) is 0 Å². The second-order valence-corrected chi connectivity index (χ2v) is 6.40. The van der Waals surface area contributed by atoms with E-state index in [4.69, 9.17) is 4.74 Å². The maximum Gasteiger partial charge on any atom is 0.326 e. The Morgan fingerprint density at radius 3 is 2.84 bits per heavy atom.